The largest absolute Gasteiger partial charge is 0.486 e. The molecule has 0 unspecified atom stereocenters. The van der Waals surface area contributed by atoms with Crippen LogP contribution < -0.4 is 14.8 Å². The van der Waals surface area contributed by atoms with Crippen LogP contribution in [0.25, 0.3) is 6.08 Å². The van der Waals surface area contributed by atoms with Gasteiger partial charge in [0.05, 0.1) is 12.1 Å². The van der Waals surface area contributed by atoms with Gasteiger partial charge in [-0.2, -0.15) is 0 Å². The SMILES string of the molecule is COC(=O)C1(NC(=O)/C=C/c2cc(Cl)c3c(c2)OCCO3)CCC(C)CC1. The van der Waals surface area contributed by atoms with E-state index < -0.39 is 11.5 Å². The Kier molecular flexibility index (Phi) is 5.95. The monoisotopic (exact) mass is 393 g/mol. The van der Waals surface area contributed by atoms with Crippen molar-refractivity contribution in [2.45, 2.75) is 38.1 Å². The van der Waals surface area contributed by atoms with Gasteiger partial charge in [-0.25, -0.2) is 4.79 Å². The molecule has 1 aromatic carbocycles. The third-order valence-corrected chi connectivity index (χ3v) is 5.39. The van der Waals surface area contributed by atoms with Gasteiger partial charge in [-0.15, -0.1) is 0 Å². The standard InChI is InChI=1S/C20H24ClNO5/c1-13-5-7-20(8-6-13,19(24)25-2)22-17(23)4-3-14-11-15(21)18-16(12-14)26-9-10-27-18/h3-4,11-13H,5-10H2,1-2H3,(H,22,23)/b4-3+. The maximum absolute atomic E-state index is 12.5. The zero-order valence-electron chi connectivity index (χ0n) is 15.5. The van der Waals surface area contributed by atoms with Crippen LogP contribution >= 0.6 is 11.6 Å². The van der Waals surface area contributed by atoms with Crippen molar-refractivity contribution in [1.29, 1.82) is 0 Å². The van der Waals surface area contributed by atoms with Gasteiger partial charge >= 0.3 is 5.97 Å². The van der Waals surface area contributed by atoms with E-state index >= 15 is 0 Å². The van der Waals surface area contributed by atoms with Gasteiger partial charge in [0.2, 0.25) is 5.91 Å². The number of nitrogens with one attached hydrogen (secondary N) is 1. The molecule has 0 bridgehead atoms. The summed E-state index contributed by atoms with van der Waals surface area (Å²) < 4.78 is 16.0. The van der Waals surface area contributed by atoms with E-state index in [0.29, 0.717) is 54.1 Å². The molecule has 6 nitrogen and oxygen atoms in total. The molecule has 27 heavy (non-hydrogen) atoms. The minimum Gasteiger partial charge on any atom is -0.486 e. The van der Waals surface area contributed by atoms with Gasteiger partial charge in [-0.05, 0) is 55.4 Å². The smallest absolute Gasteiger partial charge is 0.331 e. The molecule has 1 aromatic rings. The summed E-state index contributed by atoms with van der Waals surface area (Å²) in [4.78, 5) is 24.8. The fourth-order valence-corrected chi connectivity index (χ4v) is 3.78. The Hall–Kier alpha value is -2.21. The first kappa shape index (κ1) is 19.5. The number of benzene rings is 1. The van der Waals surface area contributed by atoms with Crippen molar-refractivity contribution in [2.24, 2.45) is 5.92 Å². The van der Waals surface area contributed by atoms with Gasteiger partial charge in [0.1, 0.15) is 18.8 Å². The Labute approximate surface area is 163 Å². The first-order valence-corrected chi connectivity index (χ1v) is 9.49. The summed E-state index contributed by atoms with van der Waals surface area (Å²) in [6.45, 7) is 3.06. The molecule has 2 aliphatic rings. The van der Waals surface area contributed by atoms with Crippen LogP contribution in [0.15, 0.2) is 18.2 Å². The van der Waals surface area contributed by atoms with Crippen LogP contribution in [-0.4, -0.2) is 37.7 Å². The number of carbonyl (C=O) groups excluding carboxylic acids is 2. The van der Waals surface area contributed by atoms with Crippen molar-refractivity contribution in [3.05, 3.63) is 28.8 Å². The number of esters is 1. The Morgan fingerprint density at radius 3 is 2.67 bits per heavy atom. The zero-order valence-corrected chi connectivity index (χ0v) is 16.3. The highest BCUT2D eigenvalue weighted by Gasteiger charge is 2.43. The molecular weight excluding hydrogens is 370 g/mol. The van der Waals surface area contributed by atoms with Crippen LogP contribution in [0.1, 0.15) is 38.2 Å². The van der Waals surface area contributed by atoms with Crippen molar-refractivity contribution in [1.82, 2.24) is 5.32 Å². The predicted octanol–water partition coefficient (Wildman–Crippen LogP) is 3.36. The third kappa shape index (κ3) is 4.38. The van der Waals surface area contributed by atoms with Crippen LogP contribution in [0.3, 0.4) is 0 Å². The number of hydrogen-bond donors (Lipinski definition) is 1. The summed E-state index contributed by atoms with van der Waals surface area (Å²) in [6.07, 6.45) is 5.93. The zero-order chi connectivity index (χ0) is 19.4. The molecule has 1 fully saturated rings. The fourth-order valence-electron chi connectivity index (χ4n) is 3.51. The summed E-state index contributed by atoms with van der Waals surface area (Å²) in [5.41, 5.74) is -0.239. The van der Waals surface area contributed by atoms with Crippen molar-refractivity contribution in [3.63, 3.8) is 0 Å². The Morgan fingerprint density at radius 2 is 1.96 bits per heavy atom. The first-order valence-electron chi connectivity index (χ1n) is 9.11. The molecule has 1 amide bonds. The van der Waals surface area contributed by atoms with Crippen molar-refractivity contribution >= 4 is 29.6 Å². The number of halogens is 1. The molecule has 3 rings (SSSR count). The van der Waals surface area contributed by atoms with Gasteiger partial charge < -0.3 is 19.5 Å². The highest BCUT2D eigenvalue weighted by atomic mass is 35.5. The minimum absolute atomic E-state index is 0.346. The summed E-state index contributed by atoms with van der Waals surface area (Å²) in [5, 5.41) is 3.29. The molecule has 1 heterocycles. The normalized spacial score (nSPS) is 24.5. The second-order valence-corrected chi connectivity index (χ2v) is 7.51. The molecule has 1 aliphatic carbocycles. The molecule has 0 saturated heterocycles. The van der Waals surface area contributed by atoms with Crippen LogP contribution in [0.5, 0.6) is 11.5 Å². The second kappa shape index (κ2) is 8.21. The topological polar surface area (TPSA) is 73.9 Å². The molecule has 1 saturated carbocycles. The number of ether oxygens (including phenoxy) is 3. The molecule has 1 aliphatic heterocycles. The van der Waals surface area contributed by atoms with E-state index in [2.05, 4.69) is 12.2 Å². The highest BCUT2D eigenvalue weighted by Crippen LogP contribution is 2.38. The summed E-state index contributed by atoms with van der Waals surface area (Å²) in [6, 6.07) is 3.47. The van der Waals surface area contributed by atoms with Gasteiger partial charge in [-0.1, -0.05) is 18.5 Å². The number of amides is 1. The summed E-state index contributed by atoms with van der Waals surface area (Å²) in [7, 11) is 1.35. The van der Waals surface area contributed by atoms with Gasteiger partial charge in [-0.3, -0.25) is 4.79 Å². The molecule has 0 radical (unpaired) electrons. The van der Waals surface area contributed by atoms with Gasteiger partial charge in [0.25, 0.3) is 0 Å². The predicted molar refractivity (Wildman–Crippen MR) is 102 cm³/mol. The number of fused-ring (bicyclic) bond motifs is 1. The number of hydrogen-bond acceptors (Lipinski definition) is 5. The van der Waals surface area contributed by atoms with E-state index in [1.165, 1.54) is 13.2 Å². The maximum atomic E-state index is 12.5. The van der Waals surface area contributed by atoms with E-state index in [4.69, 9.17) is 25.8 Å². The first-order chi connectivity index (χ1) is 12.9. The average Bonchev–Trinajstić information content (AvgIpc) is 2.68. The van der Waals surface area contributed by atoms with E-state index in [1.54, 1.807) is 18.2 Å². The number of carbonyl (C=O) groups is 2. The lowest BCUT2D eigenvalue weighted by Crippen LogP contribution is -2.56. The summed E-state index contributed by atoms with van der Waals surface area (Å²) in [5.74, 6) is 0.876. The lowest BCUT2D eigenvalue weighted by molar-refractivity contribution is -0.152. The minimum atomic E-state index is -0.951. The molecule has 0 spiro atoms. The molecule has 146 valence electrons. The van der Waals surface area contributed by atoms with Crippen LogP contribution in [0.4, 0.5) is 0 Å². The number of rotatable bonds is 4. The third-order valence-electron chi connectivity index (χ3n) is 5.11. The van der Waals surface area contributed by atoms with E-state index in [0.717, 1.165) is 12.8 Å². The molecule has 0 atom stereocenters. The van der Waals surface area contributed by atoms with Crippen molar-refractivity contribution in [2.75, 3.05) is 20.3 Å². The molecule has 7 heteroatoms. The Bertz CT molecular complexity index is 753. The van der Waals surface area contributed by atoms with Gasteiger partial charge in [0, 0.05) is 6.08 Å². The Morgan fingerprint density at radius 1 is 1.26 bits per heavy atom. The van der Waals surface area contributed by atoms with Crippen LogP contribution in [-0.2, 0) is 14.3 Å². The lowest BCUT2D eigenvalue weighted by Gasteiger charge is -2.37. The van der Waals surface area contributed by atoms with Crippen molar-refractivity contribution in [3.8, 4) is 11.5 Å². The molecular formula is C20H24ClNO5. The fraction of sp³-hybridized carbons (Fsp3) is 0.500. The lowest BCUT2D eigenvalue weighted by atomic mass is 9.77. The summed E-state index contributed by atoms with van der Waals surface area (Å²) >= 11 is 6.21. The highest BCUT2D eigenvalue weighted by molar-refractivity contribution is 6.32. The van der Waals surface area contributed by atoms with Gasteiger partial charge in [0.15, 0.2) is 11.5 Å². The maximum Gasteiger partial charge on any atom is 0.331 e. The second-order valence-electron chi connectivity index (χ2n) is 7.11. The molecule has 1 N–H and O–H groups in total. The average molecular weight is 394 g/mol. The van der Waals surface area contributed by atoms with Crippen LogP contribution in [0.2, 0.25) is 5.02 Å². The van der Waals surface area contributed by atoms with E-state index in [1.807, 2.05) is 0 Å². The van der Waals surface area contributed by atoms with Crippen LogP contribution in [0, 0.1) is 5.92 Å². The van der Waals surface area contributed by atoms with E-state index in [9.17, 15) is 9.59 Å². The molecule has 0 aromatic heterocycles. The number of methoxy groups -OCH3 is 1. The Balaban J connectivity index is 1.72. The van der Waals surface area contributed by atoms with Crippen molar-refractivity contribution < 1.29 is 23.8 Å². The quantitative estimate of drug-likeness (QED) is 0.627. The van der Waals surface area contributed by atoms with E-state index in [-0.39, 0.29) is 5.91 Å².